The monoisotopic (exact) mass is 189 g/mol. The van der Waals surface area contributed by atoms with Crippen molar-refractivity contribution in [1.29, 1.82) is 0 Å². The van der Waals surface area contributed by atoms with Crippen LogP contribution < -0.4 is 12.4 Å². The molecule has 4 heterocycles. The third-order valence-corrected chi connectivity index (χ3v) is 4.49. The molecule has 4 bridgehead atoms. The summed E-state index contributed by atoms with van der Waals surface area (Å²) in [6.45, 7) is 1.26. The quantitative estimate of drug-likeness (QED) is 0.414. The Hall–Kier alpha value is 0.210. The number of quaternary nitrogens is 1. The first-order valence-electron chi connectivity index (χ1n) is 4.75. The zero-order valence-electron chi connectivity index (χ0n) is 7.41. The Kier molecular flexibility index (Phi) is 1.74. The Morgan fingerprint density at radius 2 is 2.08 bits per heavy atom. The zero-order chi connectivity index (χ0) is 7.64. The molecule has 5 atom stereocenters. The second kappa shape index (κ2) is 2.37. The summed E-state index contributed by atoms with van der Waals surface area (Å²) in [5, 5.41) is 9.70. The van der Waals surface area contributed by atoms with Gasteiger partial charge in [-0.1, -0.05) is 0 Å². The summed E-state index contributed by atoms with van der Waals surface area (Å²) in [7, 11) is 2.38. The van der Waals surface area contributed by atoms with Crippen LogP contribution in [0.5, 0.6) is 0 Å². The fourth-order valence-corrected chi connectivity index (χ4v) is 3.79. The molecular formula is C9H16ClNO. The largest absolute Gasteiger partial charge is 1.00 e. The van der Waals surface area contributed by atoms with Gasteiger partial charge in [0.05, 0.1) is 31.7 Å². The first-order chi connectivity index (χ1) is 5.22. The topological polar surface area (TPSA) is 20.2 Å². The average molecular weight is 190 g/mol. The maximum atomic E-state index is 9.70. The summed E-state index contributed by atoms with van der Waals surface area (Å²) < 4.78 is 1.31. The van der Waals surface area contributed by atoms with Gasteiger partial charge in [0.2, 0.25) is 0 Å². The smallest absolute Gasteiger partial charge is 0.100 e. The summed E-state index contributed by atoms with van der Waals surface area (Å²) in [6.07, 6.45) is 3.88. The van der Waals surface area contributed by atoms with E-state index in [-0.39, 0.29) is 18.5 Å². The van der Waals surface area contributed by atoms with Crippen LogP contribution in [0.25, 0.3) is 0 Å². The van der Waals surface area contributed by atoms with Crippen molar-refractivity contribution in [2.75, 3.05) is 13.6 Å². The molecule has 70 valence electrons. The van der Waals surface area contributed by atoms with E-state index < -0.39 is 0 Å². The lowest BCUT2D eigenvalue weighted by Gasteiger charge is -2.59. The van der Waals surface area contributed by atoms with Crippen molar-refractivity contribution in [2.24, 2.45) is 5.92 Å². The molecule has 4 aliphatic rings. The minimum atomic E-state index is 0. The minimum absolute atomic E-state index is 0. The van der Waals surface area contributed by atoms with Crippen molar-refractivity contribution < 1.29 is 22.0 Å². The van der Waals surface area contributed by atoms with E-state index in [4.69, 9.17) is 0 Å². The van der Waals surface area contributed by atoms with E-state index in [1.165, 1.54) is 23.9 Å². The Labute approximate surface area is 79.6 Å². The number of fused-ring (bicyclic) bond motifs is 1. The molecule has 1 N–H and O–H groups in total. The second-order valence-electron chi connectivity index (χ2n) is 4.79. The summed E-state index contributed by atoms with van der Waals surface area (Å²) in [4.78, 5) is 0. The second-order valence-corrected chi connectivity index (χ2v) is 4.79. The molecule has 0 radical (unpaired) electrons. The lowest BCUT2D eigenvalue weighted by molar-refractivity contribution is -1.00. The van der Waals surface area contributed by atoms with Gasteiger partial charge in [0, 0.05) is 19.3 Å². The average Bonchev–Trinajstić information content (AvgIpc) is 2.14. The van der Waals surface area contributed by atoms with Crippen molar-refractivity contribution in [3.05, 3.63) is 0 Å². The number of hydrogen-bond donors (Lipinski definition) is 1. The zero-order valence-corrected chi connectivity index (χ0v) is 8.17. The number of aliphatic hydroxyl groups is 1. The van der Waals surface area contributed by atoms with Gasteiger partial charge in [-0.25, -0.2) is 0 Å². The predicted molar refractivity (Wildman–Crippen MR) is 42.0 cm³/mol. The van der Waals surface area contributed by atoms with Crippen molar-refractivity contribution in [1.82, 2.24) is 0 Å². The molecule has 4 fully saturated rings. The SMILES string of the molecule is C[N+]12C[C@@H]3[C@H]1CC[C@H]2C[C@@H]3O.[Cl-]. The molecule has 0 aromatic carbocycles. The minimum Gasteiger partial charge on any atom is -1.00 e. The van der Waals surface area contributed by atoms with Crippen LogP contribution in [0.15, 0.2) is 0 Å². The van der Waals surface area contributed by atoms with E-state index in [1.54, 1.807) is 0 Å². The molecule has 3 heteroatoms. The van der Waals surface area contributed by atoms with E-state index in [0.717, 1.165) is 18.5 Å². The van der Waals surface area contributed by atoms with Crippen molar-refractivity contribution in [2.45, 2.75) is 37.5 Å². The fourth-order valence-electron chi connectivity index (χ4n) is 3.79. The fraction of sp³-hybridized carbons (Fsp3) is 1.00. The number of aliphatic hydroxyl groups excluding tert-OH is 1. The Morgan fingerprint density at radius 3 is 2.75 bits per heavy atom. The van der Waals surface area contributed by atoms with Gasteiger partial charge in [0.25, 0.3) is 0 Å². The van der Waals surface area contributed by atoms with Gasteiger partial charge in [-0.15, -0.1) is 0 Å². The maximum Gasteiger partial charge on any atom is 0.100 e. The molecule has 0 spiro atoms. The van der Waals surface area contributed by atoms with Gasteiger partial charge in [-0.2, -0.15) is 0 Å². The molecule has 4 aliphatic heterocycles. The number of rotatable bonds is 0. The van der Waals surface area contributed by atoms with Crippen molar-refractivity contribution in [3.63, 3.8) is 0 Å². The van der Waals surface area contributed by atoms with Gasteiger partial charge in [0.1, 0.15) is 6.04 Å². The first kappa shape index (κ1) is 8.79. The highest BCUT2D eigenvalue weighted by Crippen LogP contribution is 2.52. The highest BCUT2D eigenvalue weighted by atomic mass is 35.5. The molecular weight excluding hydrogens is 174 g/mol. The lowest BCUT2D eigenvalue weighted by Crippen LogP contribution is -3.00. The first-order valence-corrected chi connectivity index (χ1v) is 4.75. The van der Waals surface area contributed by atoms with Crippen LogP contribution in [0.1, 0.15) is 19.3 Å². The summed E-state index contributed by atoms with van der Waals surface area (Å²) >= 11 is 0. The number of halogens is 1. The summed E-state index contributed by atoms with van der Waals surface area (Å²) in [5.41, 5.74) is 0. The molecule has 4 saturated heterocycles. The number of hydrogen-bond acceptors (Lipinski definition) is 1. The van der Waals surface area contributed by atoms with Gasteiger partial charge < -0.3 is 22.0 Å². The lowest BCUT2D eigenvalue weighted by atomic mass is 9.76. The highest BCUT2D eigenvalue weighted by molar-refractivity contribution is 4.98. The van der Waals surface area contributed by atoms with Crippen LogP contribution in [-0.2, 0) is 0 Å². The Bertz CT molecular complexity index is 203. The maximum absolute atomic E-state index is 9.70. The van der Waals surface area contributed by atoms with Crippen molar-refractivity contribution >= 4 is 0 Å². The van der Waals surface area contributed by atoms with Crippen molar-refractivity contribution in [3.8, 4) is 0 Å². The highest BCUT2D eigenvalue weighted by Gasteiger charge is 2.65. The van der Waals surface area contributed by atoms with Crippen LogP contribution in [0.2, 0.25) is 0 Å². The standard InChI is InChI=1S/C9H16NO.ClH/c1-10-5-7-8(10)3-2-6(10)4-9(7)11;/h6-9,11H,2-5H2,1H3;1H/q+1;/p-1/t6-,7+,8+,9-,10?;/m0./s1. The summed E-state index contributed by atoms with van der Waals surface area (Å²) in [6, 6.07) is 1.64. The predicted octanol–water partition coefficient (Wildman–Crippen LogP) is -2.64. The molecule has 0 aromatic rings. The summed E-state index contributed by atoms with van der Waals surface area (Å²) in [5.74, 6) is 0.666. The van der Waals surface area contributed by atoms with E-state index in [0.29, 0.717) is 5.92 Å². The Balaban J connectivity index is 0.000000563. The van der Waals surface area contributed by atoms with Crippen LogP contribution in [0.4, 0.5) is 0 Å². The van der Waals surface area contributed by atoms with Crippen LogP contribution in [0, 0.1) is 5.92 Å². The van der Waals surface area contributed by atoms with Crippen LogP contribution in [-0.4, -0.2) is 41.4 Å². The van der Waals surface area contributed by atoms with Gasteiger partial charge in [-0.05, 0) is 0 Å². The van der Waals surface area contributed by atoms with Gasteiger partial charge in [0.15, 0.2) is 0 Å². The van der Waals surface area contributed by atoms with E-state index >= 15 is 0 Å². The molecule has 12 heavy (non-hydrogen) atoms. The van der Waals surface area contributed by atoms with E-state index in [1.807, 2.05) is 0 Å². The molecule has 4 rings (SSSR count). The molecule has 0 amide bonds. The third-order valence-electron chi connectivity index (χ3n) is 4.49. The molecule has 0 aliphatic carbocycles. The Morgan fingerprint density at radius 1 is 1.33 bits per heavy atom. The van der Waals surface area contributed by atoms with E-state index in [2.05, 4.69) is 7.05 Å². The van der Waals surface area contributed by atoms with Gasteiger partial charge >= 0.3 is 0 Å². The molecule has 0 saturated carbocycles. The van der Waals surface area contributed by atoms with Gasteiger partial charge in [-0.3, -0.25) is 0 Å². The number of piperidine rings is 2. The van der Waals surface area contributed by atoms with E-state index in [9.17, 15) is 5.11 Å². The molecule has 0 aromatic heterocycles. The number of nitrogens with zero attached hydrogens (tertiary/aromatic N) is 1. The third kappa shape index (κ3) is 0.740. The normalized spacial score (nSPS) is 60.5. The molecule has 2 nitrogen and oxygen atoms in total. The molecule has 1 unspecified atom stereocenters. The van der Waals surface area contributed by atoms with Crippen LogP contribution in [0.3, 0.4) is 0 Å². The van der Waals surface area contributed by atoms with Crippen LogP contribution >= 0.6 is 0 Å².